The summed E-state index contributed by atoms with van der Waals surface area (Å²) in [7, 11) is 1.75. The Morgan fingerprint density at radius 3 is 2.41 bits per heavy atom. The summed E-state index contributed by atoms with van der Waals surface area (Å²) in [6.45, 7) is 0. The lowest BCUT2D eigenvalue weighted by Crippen LogP contribution is -2.16. The Balaban J connectivity index is 2.03. The predicted molar refractivity (Wildman–Crippen MR) is 74.5 cm³/mol. The van der Waals surface area contributed by atoms with Crippen molar-refractivity contribution < 1.29 is 23.0 Å². The number of fused-ring (bicyclic) bond motifs is 1. The Morgan fingerprint density at radius 2 is 1.77 bits per heavy atom. The third-order valence-electron chi connectivity index (χ3n) is 3.20. The van der Waals surface area contributed by atoms with Gasteiger partial charge in [-0.15, -0.1) is 13.2 Å². The summed E-state index contributed by atoms with van der Waals surface area (Å²) in [5.41, 5.74) is 2.01. The van der Waals surface area contributed by atoms with Crippen LogP contribution in [0.3, 0.4) is 0 Å². The van der Waals surface area contributed by atoms with E-state index < -0.39 is 6.36 Å². The molecule has 1 heterocycles. The molecule has 7 heteroatoms. The minimum Gasteiger partial charge on any atom is -0.508 e. The zero-order valence-corrected chi connectivity index (χ0v) is 11.4. The second-order valence-corrected chi connectivity index (χ2v) is 4.75. The van der Waals surface area contributed by atoms with Crippen LogP contribution >= 0.6 is 0 Å². The fourth-order valence-corrected chi connectivity index (χ4v) is 2.28. The smallest absolute Gasteiger partial charge is 0.508 e. The van der Waals surface area contributed by atoms with Crippen LogP contribution in [0.25, 0.3) is 22.2 Å². The van der Waals surface area contributed by atoms with Crippen molar-refractivity contribution in [2.24, 2.45) is 7.05 Å². The summed E-state index contributed by atoms with van der Waals surface area (Å²) in [5.74, 6) is -0.196. The van der Waals surface area contributed by atoms with Gasteiger partial charge in [-0.3, -0.25) is 4.68 Å². The number of ether oxygens (including phenoxy) is 1. The Labute approximate surface area is 123 Å². The molecule has 0 radical (unpaired) electrons. The second-order valence-electron chi connectivity index (χ2n) is 4.75. The van der Waals surface area contributed by atoms with E-state index in [0.29, 0.717) is 16.6 Å². The SMILES string of the molecule is Cn1nc(-c2ccc(OC(F)(F)F)cc2)c2cc(O)ccc21. The normalized spacial score (nSPS) is 11.8. The minimum absolute atomic E-state index is 0.0961. The maximum absolute atomic E-state index is 12.2. The van der Waals surface area contributed by atoms with Crippen molar-refractivity contribution in [1.29, 1.82) is 0 Å². The number of benzene rings is 2. The molecule has 2 aromatic carbocycles. The zero-order chi connectivity index (χ0) is 15.9. The van der Waals surface area contributed by atoms with Gasteiger partial charge in [0.05, 0.1) is 5.52 Å². The highest BCUT2D eigenvalue weighted by molar-refractivity contribution is 5.94. The number of aromatic hydroxyl groups is 1. The standard InChI is InChI=1S/C15H11F3N2O2/c1-20-13-7-4-10(21)8-12(13)14(19-20)9-2-5-11(6-3-9)22-15(16,17)18/h2-8,21H,1H3. The van der Waals surface area contributed by atoms with Crippen LogP contribution < -0.4 is 4.74 Å². The van der Waals surface area contributed by atoms with Gasteiger partial charge in [0, 0.05) is 18.0 Å². The lowest BCUT2D eigenvalue weighted by molar-refractivity contribution is -0.274. The highest BCUT2D eigenvalue weighted by atomic mass is 19.4. The number of phenolic OH excluding ortho intramolecular Hbond substituents is 1. The van der Waals surface area contributed by atoms with Crippen LogP contribution in [0.4, 0.5) is 13.2 Å². The van der Waals surface area contributed by atoms with Crippen LogP contribution in [0.5, 0.6) is 11.5 Å². The largest absolute Gasteiger partial charge is 0.573 e. The molecule has 4 nitrogen and oxygen atoms in total. The van der Waals surface area contributed by atoms with E-state index in [0.717, 1.165) is 5.52 Å². The quantitative estimate of drug-likeness (QED) is 0.782. The van der Waals surface area contributed by atoms with Crippen molar-refractivity contribution in [2.75, 3.05) is 0 Å². The van der Waals surface area contributed by atoms with Gasteiger partial charge < -0.3 is 9.84 Å². The number of halogens is 3. The third-order valence-corrected chi connectivity index (χ3v) is 3.20. The van der Waals surface area contributed by atoms with Crippen molar-refractivity contribution >= 4 is 10.9 Å². The number of hydrogen-bond acceptors (Lipinski definition) is 3. The zero-order valence-electron chi connectivity index (χ0n) is 11.4. The highest BCUT2D eigenvalue weighted by Gasteiger charge is 2.31. The molecule has 3 aromatic rings. The molecular weight excluding hydrogens is 297 g/mol. The third kappa shape index (κ3) is 2.69. The number of alkyl halides is 3. The van der Waals surface area contributed by atoms with E-state index in [2.05, 4.69) is 9.84 Å². The summed E-state index contributed by atoms with van der Waals surface area (Å²) >= 11 is 0. The first-order valence-electron chi connectivity index (χ1n) is 6.35. The average Bonchev–Trinajstić information content (AvgIpc) is 2.74. The van der Waals surface area contributed by atoms with Crippen molar-refractivity contribution in [3.63, 3.8) is 0 Å². The van der Waals surface area contributed by atoms with Gasteiger partial charge in [-0.05, 0) is 42.5 Å². The van der Waals surface area contributed by atoms with Crippen molar-refractivity contribution in [3.05, 3.63) is 42.5 Å². The number of phenols is 1. The summed E-state index contributed by atoms with van der Waals surface area (Å²) in [6, 6.07) is 10.3. The molecule has 0 saturated carbocycles. The molecule has 0 aliphatic carbocycles. The molecule has 22 heavy (non-hydrogen) atoms. The number of rotatable bonds is 2. The number of aromatic nitrogens is 2. The molecule has 114 valence electrons. The fraction of sp³-hybridized carbons (Fsp3) is 0.133. The van der Waals surface area contributed by atoms with E-state index in [1.165, 1.54) is 24.3 Å². The molecule has 0 saturated heterocycles. The van der Waals surface area contributed by atoms with Gasteiger partial charge in [0.2, 0.25) is 0 Å². The fourth-order valence-electron chi connectivity index (χ4n) is 2.28. The first-order chi connectivity index (χ1) is 10.3. The van der Waals surface area contributed by atoms with Crippen LogP contribution in [0.1, 0.15) is 0 Å². The molecule has 0 bridgehead atoms. The summed E-state index contributed by atoms with van der Waals surface area (Å²) in [6.07, 6.45) is -4.72. The minimum atomic E-state index is -4.72. The van der Waals surface area contributed by atoms with Crippen LogP contribution in [0, 0.1) is 0 Å². The molecule has 3 rings (SSSR count). The summed E-state index contributed by atoms with van der Waals surface area (Å²) in [4.78, 5) is 0. The molecule has 0 aliphatic heterocycles. The van der Waals surface area contributed by atoms with E-state index in [-0.39, 0.29) is 11.5 Å². The topological polar surface area (TPSA) is 47.3 Å². The molecule has 1 N–H and O–H groups in total. The van der Waals surface area contributed by atoms with Gasteiger partial charge >= 0.3 is 6.36 Å². The van der Waals surface area contributed by atoms with Gasteiger partial charge in [-0.25, -0.2) is 0 Å². The van der Waals surface area contributed by atoms with Gasteiger partial charge in [-0.1, -0.05) is 0 Å². The Hall–Kier alpha value is -2.70. The van der Waals surface area contributed by atoms with Gasteiger partial charge in [-0.2, -0.15) is 5.10 Å². The number of hydrogen-bond donors (Lipinski definition) is 1. The van der Waals surface area contributed by atoms with E-state index in [1.807, 2.05) is 0 Å². The molecule has 0 spiro atoms. The number of aryl methyl sites for hydroxylation is 1. The Morgan fingerprint density at radius 1 is 1.09 bits per heavy atom. The molecule has 0 atom stereocenters. The average molecular weight is 308 g/mol. The van der Waals surface area contributed by atoms with E-state index in [4.69, 9.17) is 0 Å². The first kappa shape index (κ1) is 14.2. The summed E-state index contributed by atoms with van der Waals surface area (Å²) in [5, 5.41) is 14.7. The number of nitrogens with zero attached hydrogens (tertiary/aromatic N) is 2. The maximum Gasteiger partial charge on any atom is 0.573 e. The summed E-state index contributed by atoms with van der Waals surface area (Å²) < 4.78 is 41.9. The molecule has 0 fully saturated rings. The predicted octanol–water partition coefficient (Wildman–Crippen LogP) is 3.84. The molecule has 0 amide bonds. The molecule has 0 aliphatic rings. The van der Waals surface area contributed by atoms with Crippen LogP contribution in [-0.4, -0.2) is 21.2 Å². The van der Waals surface area contributed by atoms with Crippen LogP contribution in [-0.2, 0) is 7.05 Å². The Bertz CT molecular complexity index is 823. The van der Waals surface area contributed by atoms with Crippen molar-refractivity contribution in [1.82, 2.24) is 9.78 Å². The van der Waals surface area contributed by atoms with Gasteiger partial charge in [0.15, 0.2) is 0 Å². The van der Waals surface area contributed by atoms with E-state index >= 15 is 0 Å². The molecule has 0 unspecified atom stereocenters. The Kier molecular flexibility index (Phi) is 3.20. The highest BCUT2D eigenvalue weighted by Crippen LogP contribution is 2.31. The second kappa shape index (κ2) is 4.94. The monoisotopic (exact) mass is 308 g/mol. The van der Waals surface area contributed by atoms with Crippen LogP contribution in [0.2, 0.25) is 0 Å². The van der Waals surface area contributed by atoms with Crippen molar-refractivity contribution in [3.8, 4) is 22.8 Å². The first-order valence-corrected chi connectivity index (χ1v) is 6.35. The molecular formula is C15H11F3N2O2. The van der Waals surface area contributed by atoms with Gasteiger partial charge in [0.25, 0.3) is 0 Å². The van der Waals surface area contributed by atoms with Crippen LogP contribution in [0.15, 0.2) is 42.5 Å². The van der Waals surface area contributed by atoms with Gasteiger partial charge in [0.1, 0.15) is 17.2 Å². The lowest BCUT2D eigenvalue weighted by atomic mass is 10.1. The van der Waals surface area contributed by atoms with E-state index in [1.54, 1.807) is 29.9 Å². The maximum atomic E-state index is 12.2. The van der Waals surface area contributed by atoms with E-state index in [9.17, 15) is 18.3 Å². The lowest BCUT2D eigenvalue weighted by Gasteiger charge is -2.08. The molecule has 1 aromatic heterocycles. The van der Waals surface area contributed by atoms with Crippen molar-refractivity contribution in [2.45, 2.75) is 6.36 Å².